The van der Waals surface area contributed by atoms with Gasteiger partial charge in [0.2, 0.25) is 0 Å². The molecule has 0 radical (unpaired) electrons. The first kappa shape index (κ1) is 11.9. The van der Waals surface area contributed by atoms with E-state index in [1.807, 2.05) is 6.92 Å². The number of nitro benzene ring substituents is 1. The van der Waals surface area contributed by atoms with Crippen molar-refractivity contribution in [1.29, 1.82) is 0 Å². The molecule has 0 aliphatic rings. The van der Waals surface area contributed by atoms with E-state index in [0.717, 1.165) is 0 Å². The Morgan fingerprint density at radius 2 is 2.27 bits per heavy atom. The van der Waals surface area contributed by atoms with Crippen LogP contribution in [0.5, 0.6) is 0 Å². The molecule has 82 valence electrons. The summed E-state index contributed by atoms with van der Waals surface area (Å²) >= 11 is 5.78. The van der Waals surface area contributed by atoms with E-state index in [1.54, 1.807) is 6.07 Å². The van der Waals surface area contributed by atoms with Gasteiger partial charge in [-0.2, -0.15) is 0 Å². The standard InChI is InChI=1S/C10H13ClN2O2/c1-7(12)2-3-8-6-9(11)4-5-10(8)13(14)15/h4-7H,2-3,12H2,1H3. The lowest BCUT2D eigenvalue weighted by Crippen LogP contribution is -2.15. The number of nitrogens with zero attached hydrogens (tertiary/aromatic N) is 1. The number of nitrogens with two attached hydrogens (primary N) is 1. The second kappa shape index (κ2) is 5.09. The van der Waals surface area contributed by atoms with Crippen LogP contribution in [-0.4, -0.2) is 11.0 Å². The van der Waals surface area contributed by atoms with E-state index < -0.39 is 4.92 Å². The number of benzene rings is 1. The van der Waals surface area contributed by atoms with Crippen molar-refractivity contribution in [2.24, 2.45) is 5.73 Å². The molecule has 5 heteroatoms. The van der Waals surface area contributed by atoms with Crippen molar-refractivity contribution in [2.45, 2.75) is 25.8 Å². The molecule has 0 bridgehead atoms. The Bertz CT molecular complexity index is 366. The van der Waals surface area contributed by atoms with Gasteiger partial charge in [-0.15, -0.1) is 0 Å². The van der Waals surface area contributed by atoms with E-state index in [2.05, 4.69) is 0 Å². The molecule has 4 nitrogen and oxygen atoms in total. The highest BCUT2D eigenvalue weighted by Crippen LogP contribution is 2.24. The first-order chi connectivity index (χ1) is 7.00. The van der Waals surface area contributed by atoms with E-state index in [1.165, 1.54) is 12.1 Å². The summed E-state index contributed by atoms with van der Waals surface area (Å²) in [5.74, 6) is 0. The lowest BCUT2D eigenvalue weighted by atomic mass is 10.0. The van der Waals surface area contributed by atoms with Gasteiger partial charge >= 0.3 is 0 Å². The SMILES string of the molecule is CC(N)CCc1cc(Cl)ccc1[N+](=O)[O-]. The van der Waals surface area contributed by atoms with Gasteiger partial charge in [0, 0.05) is 22.7 Å². The molecule has 0 amide bonds. The van der Waals surface area contributed by atoms with Crippen LogP contribution in [0.3, 0.4) is 0 Å². The fourth-order valence-electron chi connectivity index (χ4n) is 1.32. The summed E-state index contributed by atoms with van der Waals surface area (Å²) in [5, 5.41) is 11.2. The minimum atomic E-state index is -0.396. The van der Waals surface area contributed by atoms with Gasteiger partial charge in [0.1, 0.15) is 0 Å². The third kappa shape index (κ3) is 3.49. The maximum absolute atomic E-state index is 10.7. The molecule has 1 aromatic carbocycles. The van der Waals surface area contributed by atoms with Crippen molar-refractivity contribution in [3.05, 3.63) is 38.9 Å². The largest absolute Gasteiger partial charge is 0.328 e. The minimum absolute atomic E-state index is 0.0311. The van der Waals surface area contributed by atoms with E-state index in [-0.39, 0.29) is 11.7 Å². The highest BCUT2D eigenvalue weighted by atomic mass is 35.5. The highest BCUT2D eigenvalue weighted by Gasteiger charge is 2.13. The zero-order chi connectivity index (χ0) is 11.4. The molecule has 0 saturated heterocycles. The summed E-state index contributed by atoms with van der Waals surface area (Å²) in [6.07, 6.45) is 1.29. The van der Waals surface area contributed by atoms with Gasteiger partial charge in [0.05, 0.1) is 4.92 Å². The van der Waals surface area contributed by atoms with Crippen molar-refractivity contribution in [3.63, 3.8) is 0 Å². The molecule has 0 aliphatic carbocycles. The summed E-state index contributed by atoms with van der Waals surface area (Å²) < 4.78 is 0. The molecule has 0 aliphatic heterocycles. The fourth-order valence-corrected chi connectivity index (χ4v) is 1.51. The Morgan fingerprint density at radius 3 is 2.80 bits per heavy atom. The number of nitro groups is 1. The molecule has 1 aromatic rings. The predicted molar refractivity (Wildman–Crippen MR) is 60.1 cm³/mol. The molecule has 0 fully saturated rings. The molecule has 0 heterocycles. The summed E-state index contributed by atoms with van der Waals surface area (Å²) in [6, 6.07) is 4.61. The van der Waals surface area contributed by atoms with Gasteiger partial charge in [-0.05, 0) is 31.9 Å². The number of rotatable bonds is 4. The van der Waals surface area contributed by atoms with Crippen LogP contribution in [0.15, 0.2) is 18.2 Å². The van der Waals surface area contributed by atoms with Crippen LogP contribution in [0, 0.1) is 10.1 Å². The average molecular weight is 229 g/mol. The van der Waals surface area contributed by atoms with Gasteiger partial charge in [0.25, 0.3) is 5.69 Å². The molecule has 15 heavy (non-hydrogen) atoms. The van der Waals surface area contributed by atoms with Crippen molar-refractivity contribution >= 4 is 17.3 Å². The molecule has 1 unspecified atom stereocenters. The molecule has 1 atom stereocenters. The van der Waals surface area contributed by atoms with Gasteiger partial charge in [0.15, 0.2) is 0 Å². The Labute approximate surface area is 93.2 Å². The van der Waals surface area contributed by atoms with Crippen LogP contribution in [0.4, 0.5) is 5.69 Å². The summed E-state index contributed by atoms with van der Waals surface area (Å²) in [4.78, 5) is 10.3. The Balaban J connectivity index is 2.92. The Hall–Kier alpha value is -1.13. The lowest BCUT2D eigenvalue weighted by Gasteiger charge is -2.06. The summed E-state index contributed by atoms with van der Waals surface area (Å²) in [7, 11) is 0. The lowest BCUT2D eigenvalue weighted by molar-refractivity contribution is -0.385. The smallest absolute Gasteiger partial charge is 0.272 e. The van der Waals surface area contributed by atoms with Gasteiger partial charge in [-0.25, -0.2) is 0 Å². The van der Waals surface area contributed by atoms with Crippen molar-refractivity contribution in [3.8, 4) is 0 Å². The van der Waals surface area contributed by atoms with E-state index in [9.17, 15) is 10.1 Å². The first-order valence-corrected chi connectivity index (χ1v) is 5.07. The maximum Gasteiger partial charge on any atom is 0.272 e. The maximum atomic E-state index is 10.7. The van der Waals surface area contributed by atoms with Crippen LogP contribution < -0.4 is 5.73 Å². The van der Waals surface area contributed by atoms with E-state index in [4.69, 9.17) is 17.3 Å². The van der Waals surface area contributed by atoms with Gasteiger partial charge in [-0.3, -0.25) is 10.1 Å². The first-order valence-electron chi connectivity index (χ1n) is 4.69. The second-order valence-electron chi connectivity index (χ2n) is 3.55. The minimum Gasteiger partial charge on any atom is -0.328 e. The zero-order valence-electron chi connectivity index (χ0n) is 8.44. The zero-order valence-corrected chi connectivity index (χ0v) is 9.20. The van der Waals surface area contributed by atoms with Crippen LogP contribution in [0.25, 0.3) is 0 Å². The summed E-state index contributed by atoms with van der Waals surface area (Å²) in [6.45, 7) is 1.87. The van der Waals surface area contributed by atoms with E-state index in [0.29, 0.717) is 23.4 Å². The van der Waals surface area contributed by atoms with Crippen LogP contribution in [0.2, 0.25) is 5.02 Å². The van der Waals surface area contributed by atoms with Crippen molar-refractivity contribution < 1.29 is 4.92 Å². The molecule has 0 spiro atoms. The van der Waals surface area contributed by atoms with Gasteiger partial charge < -0.3 is 5.73 Å². The quantitative estimate of drug-likeness (QED) is 0.636. The predicted octanol–water partition coefficient (Wildman–Crippen LogP) is 2.53. The number of hydrogen-bond donors (Lipinski definition) is 1. The van der Waals surface area contributed by atoms with Crippen LogP contribution in [0.1, 0.15) is 18.9 Å². The fraction of sp³-hybridized carbons (Fsp3) is 0.400. The van der Waals surface area contributed by atoms with Crippen molar-refractivity contribution in [2.75, 3.05) is 0 Å². The normalized spacial score (nSPS) is 12.5. The molecule has 1 rings (SSSR count). The average Bonchev–Trinajstić information content (AvgIpc) is 2.14. The van der Waals surface area contributed by atoms with E-state index >= 15 is 0 Å². The van der Waals surface area contributed by atoms with Crippen molar-refractivity contribution in [1.82, 2.24) is 0 Å². The third-order valence-electron chi connectivity index (χ3n) is 2.11. The Kier molecular flexibility index (Phi) is 4.05. The molecule has 0 aromatic heterocycles. The topological polar surface area (TPSA) is 69.2 Å². The Morgan fingerprint density at radius 1 is 1.60 bits per heavy atom. The van der Waals surface area contributed by atoms with Crippen LogP contribution >= 0.6 is 11.6 Å². The molecular weight excluding hydrogens is 216 g/mol. The second-order valence-corrected chi connectivity index (χ2v) is 3.98. The molecule has 2 N–H and O–H groups in total. The molecular formula is C10H13ClN2O2. The van der Waals surface area contributed by atoms with Gasteiger partial charge in [-0.1, -0.05) is 11.6 Å². The number of hydrogen-bond acceptors (Lipinski definition) is 3. The monoisotopic (exact) mass is 228 g/mol. The molecule has 0 saturated carbocycles. The highest BCUT2D eigenvalue weighted by molar-refractivity contribution is 6.30. The third-order valence-corrected chi connectivity index (χ3v) is 2.34. The number of halogens is 1. The number of aryl methyl sites for hydroxylation is 1. The summed E-state index contributed by atoms with van der Waals surface area (Å²) in [5.41, 5.74) is 6.36. The van der Waals surface area contributed by atoms with Crippen LogP contribution in [-0.2, 0) is 6.42 Å².